The fraction of sp³-hybridized carbons (Fsp3) is 0. The molecule has 19 heavy (non-hydrogen) atoms. The second-order valence-corrected chi connectivity index (χ2v) is 5.07. The number of hydrogen-bond acceptors (Lipinski definition) is 3. The number of carbonyl (C=O) groups is 1. The molecule has 8 heteroatoms. The van der Waals surface area contributed by atoms with Crippen molar-refractivity contribution in [2.24, 2.45) is 0 Å². The van der Waals surface area contributed by atoms with E-state index in [0.717, 1.165) is 6.07 Å². The second-order valence-electron chi connectivity index (χ2n) is 3.42. The summed E-state index contributed by atoms with van der Waals surface area (Å²) >= 11 is 14.5. The van der Waals surface area contributed by atoms with Crippen LogP contribution in [0.4, 0.5) is 10.1 Å². The van der Waals surface area contributed by atoms with Crippen molar-refractivity contribution in [1.29, 1.82) is 0 Å². The Morgan fingerprint density at radius 2 is 2.00 bits per heavy atom. The van der Waals surface area contributed by atoms with Gasteiger partial charge in [0.2, 0.25) is 0 Å². The Balaban J connectivity index is 2.26. The predicted octanol–water partition coefficient (Wildman–Crippen LogP) is 3.94. The molecule has 0 aliphatic rings. The lowest BCUT2D eigenvalue weighted by Crippen LogP contribution is -2.14. The van der Waals surface area contributed by atoms with Gasteiger partial charge in [-0.1, -0.05) is 23.2 Å². The third-order valence-electron chi connectivity index (χ3n) is 2.10. The van der Waals surface area contributed by atoms with Crippen LogP contribution >= 0.6 is 39.1 Å². The van der Waals surface area contributed by atoms with Crippen LogP contribution < -0.4 is 5.32 Å². The molecule has 0 radical (unpaired) electrons. The molecule has 0 saturated heterocycles. The first kappa shape index (κ1) is 14.2. The molecule has 4 nitrogen and oxygen atoms in total. The molecule has 2 rings (SSSR count). The maximum Gasteiger partial charge on any atom is 0.275 e. The van der Waals surface area contributed by atoms with Crippen LogP contribution in [0.2, 0.25) is 10.2 Å². The molecule has 1 N–H and O–H groups in total. The third-order valence-corrected chi connectivity index (χ3v) is 3.22. The Labute approximate surface area is 126 Å². The van der Waals surface area contributed by atoms with Crippen LogP contribution in [0.3, 0.4) is 0 Å². The number of amides is 1. The highest BCUT2D eigenvalue weighted by Crippen LogP contribution is 2.31. The van der Waals surface area contributed by atoms with Crippen molar-refractivity contribution in [3.05, 3.63) is 50.7 Å². The highest BCUT2D eigenvalue weighted by Gasteiger charge is 2.14. The van der Waals surface area contributed by atoms with Crippen molar-refractivity contribution in [2.75, 3.05) is 5.32 Å². The highest BCUT2D eigenvalue weighted by molar-refractivity contribution is 9.10. The summed E-state index contributed by atoms with van der Waals surface area (Å²) in [5, 5.41) is 2.76. The van der Waals surface area contributed by atoms with Crippen LogP contribution in [0.1, 0.15) is 10.5 Å². The summed E-state index contributed by atoms with van der Waals surface area (Å²) in [7, 11) is 0. The van der Waals surface area contributed by atoms with Crippen LogP contribution in [-0.4, -0.2) is 15.9 Å². The normalized spacial score (nSPS) is 10.3. The fourth-order valence-corrected chi connectivity index (χ4v) is 2.27. The molecule has 1 aromatic carbocycles. The number of nitrogens with one attached hydrogen (secondary N) is 1. The van der Waals surface area contributed by atoms with E-state index in [1.807, 2.05) is 0 Å². The smallest absolute Gasteiger partial charge is 0.275 e. The molecule has 0 atom stereocenters. The van der Waals surface area contributed by atoms with E-state index in [9.17, 15) is 9.18 Å². The third kappa shape index (κ3) is 3.40. The Bertz CT molecular complexity index is 613. The first-order valence-electron chi connectivity index (χ1n) is 4.91. The van der Waals surface area contributed by atoms with Gasteiger partial charge >= 0.3 is 0 Å². The van der Waals surface area contributed by atoms with Crippen molar-refractivity contribution in [1.82, 2.24) is 9.97 Å². The summed E-state index contributed by atoms with van der Waals surface area (Å²) in [5.41, 5.74) is 0.321. The van der Waals surface area contributed by atoms with Gasteiger partial charge in [0.25, 0.3) is 5.91 Å². The van der Waals surface area contributed by atoms with E-state index < -0.39 is 11.7 Å². The zero-order chi connectivity index (χ0) is 14.0. The van der Waals surface area contributed by atoms with Gasteiger partial charge in [-0.05, 0) is 28.1 Å². The largest absolute Gasteiger partial charge is 0.318 e. The molecule has 1 amide bonds. The van der Waals surface area contributed by atoms with Gasteiger partial charge in [0.1, 0.15) is 16.7 Å². The minimum absolute atomic E-state index is 0.0664. The van der Waals surface area contributed by atoms with Crippen LogP contribution in [0.5, 0.6) is 0 Å². The van der Waals surface area contributed by atoms with Gasteiger partial charge in [0.15, 0.2) is 0 Å². The lowest BCUT2D eigenvalue weighted by atomic mass is 10.3. The molecule has 98 valence electrons. The molecule has 0 aliphatic heterocycles. The maximum absolute atomic E-state index is 13.0. The Morgan fingerprint density at radius 3 is 2.58 bits per heavy atom. The van der Waals surface area contributed by atoms with Crippen molar-refractivity contribution in [3.63, 3.8) is 0 Å². The molecule has 2 aromatic rings. The average molecular weight is 365 g/mol. The van der Waals surface area contributed by atoms with Crippen molar-refractivity contribution >= 4 is 50.7 Å². The van der Waals surface area contributed by atoms with Gasteiger partial charge in [-0.2, -0.15) is 0 Å². The predicted molar refractivity (Wildman–Crippen MR) is 74.1 cm³/mol. The molecular weight excluding hydrogens is 360 g/mol. The number of aromatic nitrogens is 2. The summed E-state index contributed by atoms with van der Waals surface area (Å²) in [5.74, 6) is -1.04. The number of nitrogens with zero attached hydrogens (tertiary/aromatic N) is 2. The molecule has 0 aliphatic carbocycles. The van der Waals surface area contributed by atoms with Gasteiger partial charge < -0.3 is 5.32 Å². The van der Waals surface area contributed by atoms with Crippen LogP contribution in [-0.2, 0) is 0 Å². The van der Waals surface area contributed by atoms with E-state index in [-0.39, 0.29) is 21.6 Å². The number of anilines is 1. The summed E-state index contributed by atoms with van der Waals surface area (Å²) in [6, 6.07) is 2.28. The van der Waals surface area contributed by atoms with Crippen LogP contribution in [0, 0.1) is 5.82 Å². The lowest BCUT2D eigenvalue weighted by molar-refractivity contribution is 0.102. The number of halogens is 4. The number of carbonyl (C=O) groups excluding carboxylic acids is 1. The zero-order valence-electron chi connectivity index (χ0n) is 9.12. The maximum atomic E-state index is 13.0. The highest BCUT2D eigenvalue weighted by atomic mass is 79.9. The van der Waals surface area contributed by atoms with Crippen molar-refractivity contribution in [3.8, 4) is 0 Å². The Hall–Kier alpha value is -1.24. The van der Waals surface area contributed by atoms with E-state index in [2.05, 4.69) is 31.2 Å². The molecular formula is C11H5BrCl2FN3O. The SMILES string of the molecule is O=C(Nc1c(Cl)cc(F)cc1Br)c1cnc(Cl)cn1. The first-order valence-corrected chi connectivity index (χ1v) is 6.45. The quantitative estimate of drug-likeness (QED) is 0.878. The van der Waals surface area contributed by atoms with Gasteiger partial charge in [0.05, 0.1) is 23.1 Å². The second kappa shape index (κ2) is 5.81. The Kier molecular flexibility index (Phi) is 4.34. The fourth-order valence-electron chi connectivity index (χ4n) is 1.27. The molecule has 1 heterocycles. The van der Waals surface area contributed by atoms with Crippen molar-refractivity contribution < 1.29 is 9.18 Å². The first-order chi connectivity index (χ1) is 8.97. The average Bonchev–Trinajstić information content (AvgIpc) is 2.34. The van der Waals surface area contributed by atoms with E-state index in [1.54, 1.807) is 0 Å². The van der Waals surface area contributed by atoms with Gasteiger partial charge in [-0.25, -0.2) is 14.4 Å². The minimum atomic E-state index is -0.529. The van der Waals surface area contributed by atoms with Gasteiger partial charge in [0, 0.05) is 4.47 Å². The minimum Gasteiger partial charge on any atom is -0.318 e. The van der Waals surface area contributed by atoms with Gasteiger partial charge in [-0.3, -0.25) is 4.79 Å². The monoisotopic (exact) mass is 363 g/mol. The molecule has 0 spiro atoms. The molecule has 0 saturated carbocycles. The number of hydrogen-bond donors (Lipinski definition) is 1. The summed E-state index contributed by atoms with van der Waals surface area (Å²) in [6.45, 7) is 0. The summed E-state index contributed by atoms with van der Waals surface area (Å²) < 4.78 is 13.4. The van der Waals surface area contributed by atoms with Crippen LogP contribution in [0.15, 0.2) is 29.0 Å². The molecule has 0 bridgehead atoms. The zero-order valence-corrected chi connectivity index (χ0v) is 12.2. The van der Waals surface area contributed by atoms with E-state index in [4.69, 9.17) is 23.2 Å². The molecule has 1 aromatic heterocycles. The van der Waals surface area contributed by atoms with E-state index >= 15 is 0 Å². The van der Waals surface area contributed by atoms with Crippen LogP contribution in [0.25, 0.3) is 0 Å². The summed E-state index contributed by atoms with van der Waals surface area (Å²) in [6.07, 6.45) is 2.47. The lowest BCUT2D eigenvalue weighted by Gasteiger charge is -2.09. The standard InChI is InChI=1S/C11H5BrCl2FN3O/c12-6-1-5(15)2-7(13)10(6)18-11(19)8-3-17-9(14)4-16-8/h1-4H,(H,18,19). The number of rotatable bonds is 2. The molecule has 0 fully saturated rings. The van der Waals surface area contributed by atoms with Gasteiger partial charge in [-0.15, -0.1) is 0 Å². The topological polar surface area (TPSA) is 54.9 Å². The molecule has 0 unspecified atom stereocenters. The number of benzene rings is 1. The van der Waals surface area contributed by atoms with Crippen molar-refractivity contribution in [2.45, 2.75) is 0 Å². The Morgan fingerprint density at radius 1 is 1.26 bits per heavy atom. The summed E-state index contributed by atoms with van der Waals surface area (Å²) in [4.78, 5) is 19.4. The van der Waals surface area contributed by atoms with E-state index in [1.165, 1.54) is 18.5 Å². The van der Waals surface area contributed by atoms with E-state index in [0.29, 0.717) is 4.47 Å².